The average molecular weight is 290 g/mol. The van der Waals surface area contributed by atoms with Crippen LogP contribution in [0.1, 0.15) is 19.3 Å². The Bertz CT molecular complexity index is 471. The molecule has 1 aromatic carbocycles. The first kappa shape index (κ1) is 14.8. The summed E-state index contributed by atoms with van der Waals surface area (Å²) in [6.45, 7) is -3.06. The van der Waals surface area contributed by atoms with E-state index < -0.39 is 18.2 Å². The molecule has 0 amide bonds. The Balaban J connectivity index is 2.18. The second-order valence-corrected chi connectivity index (χ2v) is 4.87. The van der Waals surface area contributed by atoms with Crippen molar-refractivity contribution in [2.75, 3.05) is 17.7 Å². The molecule has 0 saturated heterocycles. The molecular weight excluding hydrogens is 273 g/mol. The quantitative estimate of drug-likeness (QED) is 0.729. The summed E-state index contributed by atoms with van der Waals surface area (Å²) in [6.07, 6.45) is 2.69. The van der Waals surface area contributed by atoms with Crippen molar-refractivity contribution in [1.82, 2.24) is 0 Å². The van der Waals surface area contributed by atoms with Crippen molar-refractivity contribution < 1.29 is 23.0 Å². The van der Waals surface area contributed by atoms with E-state index in [9.17, 15) is 18.3 Å². The van der Waals surface area contributed by atoms with Crippen LogP contribution in [0.15, 0.2) is 12.1 Å². The molecule has 0 spiro atoms. The molecule has 20 heavy (non-hydrogen) atoms. The third kappa shape index (κ3) is 3.27. The highest BCUT2D eigenvalue weighted by molar-refractivity contribution is 5.69. The number of hydrogen-bond acceptors (Lipinski definition) is 4. The van der Waals surface area contributed by atoms with E-state index in [2.05, 4.69) is 10.1 Å². The lowest BCUT2D eigenvalue weighted by molar-refractivity contribution is -0.0521. The zero-order valence-corrected chi connectivity index (χ0v) is 10.8. The van der Waals surface area contributed by atoms with Gasteiger partial charge in [-0.2, -0.15) is 8.78 Å². The lowest BCUT2D eigenvalue weighted by Crippen LogP contribution is -2.26. The van der Waals surface area contributed by atoms with E-state index in [1.807, 2.05) is 0 Å². The minimum Gasteiger partial charge on any atom is -0.432 e. The maximum Gasteiger partial charge on any atom is 0.387 e. The van der Waals surface area contributed by atoms with Gasteiger partial charge >= 0.3 is 6.61 Å². The van der Waals surface area contributed by atoms with Crippen LogP contribution in [-0.2, 0) is 0 Å². The summed E-state index contributed by atoms with van der Waals surface area (Å²) in [5, 5.41) is 12.3. The van der Waals surface area contributed by atoms with Crippen LogP contribution in [0.4, 0.5) is 24.5 Å². The average Bonchev–Trinajstić information content (AvgIpc) is 2.82. The Labute approximate surface area is 114 Å². The van der Waals surface area contributed by atoms with E-state index >= 15 is 0 Å². The Morgan fingerprint density at radius 1 is 1.40 bits per heavy atom. The van der Waals surface area contributed by atoms with Crippen LogP contribution >= 0.6 is 0 Å². The van der Waals surface area contributed by atoms with Crippen LogP contribution in [0, 0.1) is 11.7 Å². The molecule has 4 N–H and O–H groups in total. The van der Waals surface area contributed by atoms with Crippen LogP contribution in [-0.4, -0.2) is 24.4 Å². The molecule has 2 rings (SSSR count). The van der Waals surface area contributed by atoms with Gasteiger partial charge in [0.15, 0.2) is 11.6 Å². The maximum atomic E-state index is 13.4. The lowest BCUT2D eigenvalue weighted by atomic mass is 10.0. The highest BCUT2D eigenvalue weighted by atomic mass is 19.3. The van der Waals surface area contributed by atoms with Gasteiger partial charge in [-0.3, -0.25) is 0 Å². The van der Waals surface area contributed by atoms with E-state index in [1.165, 1.54) is 0 Å². The van der Waals surface area contributed by atoms with Gasteiger partial charge in [-0.1, -0.05) is 6.42 Å². The molecule has 1 aromatic rings. The molecule has 0 radical (unpaired) electrons. The number of nitrogen functional groups attached to an aromatic ring is 1. The monoisotopic (exact) mass is 290 g/mol. The summed E-state index contributed by atoms with van der Waals surface area (Å²) >= 11 is 0. The summed E-state index contributed by atoms with van der Waals surface area (Å²) in [5.74, 6) is -1.40. The number of alkyl halides is 2. The van der Waals surface area contributed by atoms with E-state index in [4.69, 9.17) is 5.73 Å². The fourth-order valence-corrected chi connectivity index (χ4v) is 2.53. The van der Waals surface area contributed by atoms with Crippen molar-refractivity contribution in [2.24, 2.45) is 5.92 Å². The molecule has 2 unspecified atom stereocenters. The number of benzene rings is 1. The SMILES string of the molecule is Nc1cc(F)c(OC(F)F)cc1NC1CCCC1CO. The highest BCUT2D eigenvalue weighted by Gasteiger charge is 2.27. The Hall–Kier alpha value is -1.63. The second kappa shape index (κ2) is 6.21. The van der Waals surface area contributed by atoms with Crippen molar-refractivity contribution >= 4 is 11.4 Å². The van der Waals surface area contributed by atoms with Gasteiger partial charge in [0, 0.05) is 30.7 Å². The first-order valence-electron chi connectivity index (χ1n) is 6.42. The summed E-state index contributed by atoms with van der Waals surface area (Å²) in [5.41, 5.74) is 6.14. The van der Waals surface area contributed by atoms with Crippen molar-refractivity contribution in [2.45, 2.75) is 31.9 Å². The van der Waals surface area contributed by atoms with Crippen LogP contribution in [0.5, 0.6) is 5.75 Å². The zero-order valence-electron chi connectivity index (χ0n) is 10.8. The van der Waals surface area contributed by atoms with E-state index in [-0.39, 0.29) is 24.3 Å². The zero-order chi connectivity index (χ0) is 14.7. The first-order chi connectivity index (χ1) is 9.51. The molecule has 0 aromatic heterocycles. The number of rotatable bonds is 5. The maximum absolute atomic E-state index is 13.4. The van der Waals surface area contributed by atoms with Gasteiger partial charge < -0.3 is 20.9 Å². The van der Waals surface area contributed by atoms with Crippen LogP contribution in [0.25, 0.3) is 0 Å². The highest BCUT2D eigenvalue weighted by Crippen LogP contribution is 2.33. The number of hydrogen-bond donors (Lipinski definition) is 3. The molecule has 0 aliphatic heterocycles. The number of anilines is 2. The van der Waals surface area contributed by atoms with Crippen LogP contribution in [0.2, 0.25) is 0 Å². The third-order valence-corrected chi connectivity index (χ3v) is 3.55. The third-order valence-electron chi connectivity index (χ3n) is 3.55. The van der Waals surface area contributed by atoms with E-state index in [0.29, 0.717) is 5.69 Å². The Morgan fingerprint density at radius 3 is 2.80 bits per heavy atom. The molecule has 1 aliphatic carbocycles. The first-order valence-corrected chi connectivity index (χ1v) is 6.42. The molecule has 1 fully saturated rings. The topological polar surface area (TPSA) is 67.5 Å². The van der Waals surface area contributed by atoms with Gasteiger partial charge in [-0.05, 0) is 12.8 Å². The Morgan fingerprint density at radius 2 is 2.15 bits per heavy atom. The fourth-order valence-electron chi connectivity index (χ4n) is 2.53. The van der Waals surface area contributed by atoms with Crippen LogP contribution < -0.4 is 15.8 Å². The normalized spacial score (nSPS) is 22.2. The summed E-state index contributed by atoms with van der Waals surface area (Å²) < 4.78 is 41.9. The lowest BCUT2D eigenvalue weighted by Gasteiger charge is -2.22. The molecule has 4 nitrogen and oxygen atoms in total. The van der Waals surface area contributed by atoms with Crippen molar-refractivity contribution in [3.63, 3.8) is 0 Å². The van der Waals surface area contributed by atoms with Gasteiger partial charge in [-0.25, -0.2) is 4.39 Å². The summed E-state index contributed by atoms with van der Waals surface area (Å²) in [4.78, 5) is 0. The molecule has 1 saturated carbocycles. The number of ether oxygens (including phenoxy) is 1. The van der Waals surface area contributed by atoms with E-state index in [1.54, 1.807) is 0 Å². The molecule has 0 bridgehead atoms. The predicted octanol–water partition coefficient (Wildman–Crippen LogP) is 2.58. The predicted molar refractivity (Wildman–Crippen MR) is 69.3 cm³/mol. The van der Waals surface area contributed by atoms with Gasteiger partial charge in [-0.15, -0.1) is 0 Å². The molecule has 7 heteroatoms. The molecule has 1 aliphatic rings. The van der Waals surface area contributed by atoms with Gasteiger partial charge in [0.05, 0.1) is 11.4 Å². The van der Waals surface area contributed by atoms with Gasteiger partial charge in [0.1, 0.15) is 0 Å². The van der Waals surface area contributed by atoms with Crippen molar-refractivity contribution in [3.8, 4) is 5.75 Å². The van der Waals surface area contributed by atoms with Crippen LogP contribution in [0.3, 0.4) is 0 Å². The van der Waals surface area contributed by atoms with Gasteiger partial charge in [0.2, 0.25) is 0 Å². The minimum atomic E-state index is -3.10. The Kier molecular flexibility index (Phi) is 4.59. The molecule has 112 valence electrons. The van der Waals surface area contributed by atoms with Crippen molar-refractivity contribution in [3.05, 3.63) is 17.9 Å². The number of aliphatic hydroxyl groups is 1. The number of nitrogens with one attached hydrogen (secondary N) is 1. The molecular formula is C13H17F3N2O2. The largest absolute Gasteiger partial charge is 0.432 e. The smallest absolute Gasteiger partial charge is 0.387 e. The van der Waals surface area contributed by atoms with E-state index in [0.717, 1.165) is 31.4 Å². The molecule has 0 heterocycles. The summed E-state index contributed by atoms with van der Waals surface area (Å²) in [6, 6.07) is 2.07. The van der Waals surface area contributed by atoms with Crippen molar-refractivity contribution in [1.29, 1.82) is 0 Å². The fraction of sp³-hybridized carbons (Fsp3) is 0.538. The summed E-state index contributed by atoms with van der Waals surface area (Å²) in [7, 11) is 0. The van der Waals surface area contributed by atoms with Gasteiger partial charge in [0.25, 0.3) is 0 Å². The second-order valence-electron chi connectivity index (χ2n) is 4.87. The number of nitrogens with two attached hydrogens (primary N) is 1. The minimum absolute atomic E-state index is 0.00726. The molecule has 2 atom stereocenters. The number of aliphatic hydroxyl groups excluding tert-OH is 1. The number of halogens is 3. The standard InChI is InChI=1S/C13H17F3N2O2/c14-8-4-9(17)11(5-12(8)20-13(15)16)18-10-3-1-2-7(10)6-19/h4-5,7,10,13,18-19H,1-3,6,17H2.